The fraction of sp³-hybridized carbons (Fsp3) is 0.864. The van der Waals surface area contributed by atoms with Gasteiger partial charge in [0.2, 0.25) is 0 Å². The summed E-state index contributed by atoms with van der Waals surface area (Å²) in [5, 5.41) is 0. The number of allylic oxidation sites excluding steroid dienone is 4. The second-order valence-corrected chi connectivity index (χ2v) is 17.5. The van der Waals surface area contributed by atoms with Crippen molar-refractivity contribution in [2.75, 3.05) is 47.5 Å². The number of quaternary nitrogens is 1. The summed E-state index contributed by atoms with van der Waals surface area (Å²) >= 11 is 0. The van der Waals surface area contributed by atoms with Crippen molar-refractivity contribution in [2.24, 2.45) is 0 Å². The minimum atomic E-state index is -4.63. The van der Waals surface area contributed by atoms with Crippen LogP contribution in [0, 0.1) is 0 Å². The van der Waals surface area contributed by atoms with Gasteiger partial charge < -0.3 is 27.9 Å². The summed E-state index contributed by atoms with van der Waals surface area (Å²) < 4.78 is 33.8. The molecule has 0 rings (SSSR count). The van der Waals surface area contributed by atoms with Gasteiger partial charge in [-0.1, -0.05) is 141 Å². The third-order valence-corrected chi connectivity index (χ3v) is 10.4. The van der Waals surface area contributed by atoms with E-state index in [4.69, 9.17) is 18.5 Å². The minimum Gasteiger partial charge on any atom is -0.756 e. The van der Waals surface area contributed by atoms with Gasteiger partial charge in [0.15, 0.2) is 6.10 Å². The van der Waals surface area contributed by atoms with Crippen LogP contribution in [0.4, 0.5) is 0 Å². The standard InChI is InChI=1S/C44H84NO8P/c1-6-8-10-12-14-16-18-20-22-24-26-28-30-32-34-36-43(46)50-40-42(41-52-54(48,49)51-39-38-45(3,4)5)53-44(47)37-35-33-31-29-27-25-23-21-19-17-15-13-11-9-7-2/h21,23,26,28,42H,6-20,22,24-25,27,29-41H2,1-5H3/b23-21+,28-26+/t42-/m1/s1. The first-order chi connectivity index (χ1) is 26.0. The van der Waals surface area contributed by atoms with E-state index in [1.807, 2.05) is 21.1 Å². The molecule has 54 heavy (non-hydrogen) atoms. The van der Waals surface area contributed by atoms with Crippen LogP contribution in [-0.4, -0.2) is 70.0 Å². The Kier molecular flexibility index (Phi) is 36.1. The van der Waals surface area contributed by atoms with Crippen molar-refractivity contribution < 1.29 is 42.1 Å². The van der Waals surface area contributed by atoms with Crippen LogP contribution in [0.1, 0.15) is 194 Å². The second-order valence-electron chi connectivity index (χ2n) is 16.1. The molecule has 0 heterocycles. The van der Waals surface area contributed by atoms with Crippen LogP contribution >= 0.6 is 7.82 Å². The number of phosphoric ester groups is 1. The molecule has 0 saturated carbocycles. The number of unbranched alkanes of at least 4 members (excludes halogenated alkanes) is 22. The molecular weight excluding hydrogens is 701 g/mol. The van der Waals surface area contributed by atoms with E-state index in [0.29, 0.717) is 23.9 Å². The smallest absolute Gasteiger partial charge is 0.306 e. The summed E-state index contributed by atoms with van der Waals surface area (Å²) in [5.41, 5.74) is 0. The first kappa shape index (κ1) is 52.5. The lowest BCUT2D eigenvalue weighted by Gasteiger charge is -2.28. The van der Waals surface area contributed by atoms with Crippen molar-refractivity contribution in [1.29, 1.82) is 0 Å². The molecule has 0 spiro atoms. The quantitative estimate of drug-likeness (QED) is 0.0198. The largest absolute Gasteiger partial charge is 0.756 e. The number of phosphoric acid groups is 1. The number of esters is 2. The average molecular weight is 786 g/mol. The maximum Gasteiger partial charge on any atom is 0.306 e. The Labute approximate surface area is 332 Å². The molecule has 0 N–H and O–H groups in total. The van der Waals surface area contributed by atoms with Crippen LogP contribution in [0.15, 0.2) is 24.3 Å². The molecule has 1 unspecified atom stereocenters. The molecule has 0 aliphatic carbocycles. The van der Waals surface area contributed by atoms with E-state index in [2.05, 4.69) is 38.2 Å². The van der Waals surface area contributed by atoms with E-state index in [-0.39, 0.29) is 26.1 Å². The van der Waals surface area contributed by atoms with E-state index in [0.717, 1.165) is 51.4 Å². The minimum absolute atomic E-state index is 0.0341. The first-order valence-corrected chi connectivity index (χ1v) is 23.5. The molecule has 0 aromatic heterocycles. The molecule has 318 valence electrons. The summed E-state index contributed by atoms with van der Waals surface area (Å²) in [6.07, 6.45) is 39.2. The highest BCUT2D eigenvalue weighted by Crippen LogP contribution is 2.38. The van der Waals surface area contributed by atoms with E-state index in [9.17, 15) is 19.0 Å². The number of rotatable bonds is 40. The second kappa shape index (κ2) is 37.1. The molecule has 0 aromatic carbocycles. The molecule has 10 heteroatoms. The zero-order valence-corrected chi connectivity index (χ0v) is 36.6. The van der Waals surface area contributed by atoms with Crippen LogP contribution in [0.2, 0.25) is 0 Å². The van der Waals surface area contributed by atoms with E-state index >= 15 is 0 Å². The molecule has 0 amide bonds. The number of nitrogens with zero attached hydrogens (tertiary/aromatic N) is 1. The van der Waals surface area contributed by atoms with Crippen molar-refractivity contribution >= 4 is 19.8 Å². The third-order valence-electron chi connectivity index (χ3n) is 9.44. The molecule has 0 fully saturated rings. The van der Waals surface area contributed by atoms with Gasteiger partial charge in [0.05, 0.1) is 27.7 Å². The van der Waals surface area contributed by atoms with Gasteiger partial charge in [-0.25, -0.2) is 0 Å². The van der Waals surface area contributed by atoms with E-state index in [1.54, 1.807) is 0 Å². The summed E-state index contributed by atoms with van der Waals surface area (Å²) in [7, 11) is 1.15. The highest BCUT2D eigenvalue weighted by molar-refractivity contribution is 7.45. The molecule has 0 bridgehead atoms. The highest BCUT2D eigenvalue weighted by atomic mass is 31.2. The Morgan fingerprint density at radius 1 is 0.556 bits per heavy atom. The van der Waals surface area contributed by atoms with Gasteiger partial charge in [-0.2, -0.15) is 0 Å². The maximum atomic E-state index is 12.7. The lowest BCUT2D eigenvalue weighted by Crippen LogP contribution is -2.37. The number of carbonyl (C=O) groups is 2. The topological polar surface area (TPSA) is 111 Å². The van der Waals surface area contributed by atoms with Crippen molar-refractivity contribution in [1.82, 2.24) is 0 Å². The first-order valence-electron chi connectivity index (χ1n) is 22.0. The number of likely N-dealkylation sites (N-methyl/N-ethyl adjacent to an activating group) is 1. The van der Waals surface area contributed by atoms with Gasteiger partial charge in [0, 0.05) is 12.8 Å². The van der Waals surface area contributed by atoms with Crippen LogP contribution in [0.3, 0.4) is 0 Å². The average Bonchev–Trinajstić information content (AvgIpc) is 3.12. The third kappa shape index (κ3) is 40.2. The Morgan fingerprint density at radius 3 is 1.41 bits per heavy atom. The summed E-state index contributed by atoms with van der Waals surface area (Å²) in [6, 6.07) is 0. The highest BCUT2D eigenvalue weighted by Gasteiger charge is 2.21. The Balaban J connectivity index is 4.39. The summed E-state index contributed by atoms with van der Waals surface area (Å²) in [5.74, 6) is -0.866. The van der Waals surface area contributed by atoms with Crippen LogP contribution < -0.4 is 4.89 Å². The van der Waals surface area contributed by atoms with Crippen molar-refractivity contribution in [2.45, 2.75) is 200 Å². The number of hydrogen-bond acceptors (Lipinski definition) is 8. The molecule has 0 aliphatic heterocycles. The van der Waals surface area contributed by atoms with Crippen molar-refractivity contribution in [3.05, 3.63) is 24.3 Å². The number of hydrogen-bond donors (Lipinski definition) is 0. The molecule has 0 saturated heterocycles. The SMILES string of the molecule is CCCCCCCC/C=C/CCCCCCCC(=O)O[C@H](COC(=O)CCCC/C=C/CCCCCCCCCCC)COP(=O)([O-])OCC[N+](C)(C)C. The molecular formula is C44H84NO8P. The van der Waals surface area contributed by atoms with Crippen LogP contribution in [0.25, 0.3) is 0 Å². The van der Waals surface area contributed by atoms with Crippen molar-refractivity contribution in [3.63, 3.8) is 0 Å². The van der Waals surface area contributed by atoms with Crippen LogP contribution in [0.5, 0.6) is 0 Å². The summed E-state index contributed by atoms with van der Waals surface area (Å²) in [4.78, 5) is 37.5. The Morgan fingerprint density at radius 2 is 0.944 bits per heavy atom. The van der Waals surface area contributed by atoms with Gasteiger partial charge in [-0.3, -0.25) is 14.2 Å². The van der Waals surface area contributed by atoms with Crippen LogP contribution in [-0.2, 0) is 32.7 Å². The van der Waals surface area contributed by atoms with Gasteiger partial charge in [0.1, 0.15) is 19.8 Å². The number of ether oxygens (including phenoxy) is 2. The van der Waals surface area contributed by atoms with Gasteiger partial charge in [-0.15, -0.1) is 0 Å². The molecule has 0 aromatic rings. The predicted molar refractivity (Wildman–Crippen MR) is 222 cm³/mol. The van der Waals surface area contributed by atoms with Gasteiger partial charge >= 0.3 is 11.9 Å². The fourth-order valence-electron chi connectivity index (χ4n) is 5.94. The Hall–Kier alpha value is -1.51. The zero-order valence-electron chi connectivity index (χ0n) is 35.7. The normalized spacial score (nSPS) is 13.8. The lowest BCUT2D eigenvalue weighted by molar-refractivity contribution is -0.870. The molecule has 9 nitrogen and oxygen atoms in total. The van der Waals surface area contributed by atoms with Gasteiger partial charge in [0.25, 0.3) is 7.82 Å². The lowest BCUT2D eigenvalue weighted by atomic mass is 10.1. The monoisotopic (exact) mass is 786 g/mol. The fourth-order valence-corrected chi connectivity index (χ4v) is 6.67. The predicted octanol–water partition coefficient (Wildman–Crippen LogP) is 11.7. The maximum absolute atomic E-state index is 12.7. The molecule has 0 radical (unpaired) electrons. The van der Waals surface area contributed by atoms with Crippen molar-refractivity contribution in [3.8, 4) is 0 Å². The van der Waals surface area contributed by atoms with Gasteiger partial charge in [-0.05, 0) is 64.2 Å². The summed E-state index contributed by atoms with van der Waals surface area (Å²) in [6.45, 7) is 4.19. The van der Waals surface area contributed by atoms with E-state index in [1.165, 1.54) is 103 Å². The Bertz CT molecular complexity index is 980. The molecule has 0 aliphatic rings. The zero-order chi connectivity index (χ0) is 40.0. The van der Waals surface area contributed by atoms with E-state index < -0.39 is 32.5 Å². The number of carbonyl (C=O) groups excluding carboxylic acids is 2. The molecule has 2 atom stereocenters.